The summed E-state index contributed by atoms with van der Waals surface area (Å²) >= 11 is 0. The van der Waals surface area contributed by atoms with Gasteiger partial charge in [-0.2, -0.15) is 0 Å². The van der Waals surface area contributed by atoms with Crippen LogP contribution in [-0.2, 0) is 0 Å². The third-order valence-corrected chi connectivity index (χ3v) is 4.62. The summed E-state index contributed by atoms with van der Waals surface area (Å²) in [7, 11) is 2.22. The lowest BCUT2D eigenvalue weighted by Crippen LogP contribution is -2.33. The summed E-state index contributed by atoms with van der Waals surface area (Å²) in [5, 5.41) is 0. The van der Waals surface area contributed by atoms with E-state index in [4.69, 9.17) is 0 Å². The highest BCUT2D eigenvalue weighted by Gasteiger charge is 2.25. The van der Waals surface area contributed by atoms with Crippen molar-refractivity contribution < 1.29 is 0 Å². The van der Waals surface area contributed by atoms with E-state index >= 15 is 0 Å². The van der Waals surface area contributed by atoms with Gasteiger partial charge in [-0.15, -0.1) is 0 Å². The molecule has 0 radical (unpaired) electrons. The highest BCUT2D eigenvalue weighted by atomic mass is 15.1. The fraction of sp³-hybridized carbons (Fsp3) is 0.588. The number of hydrogen-bond donors (Lipinski definition) is 0. The van der Waals surface area contributed by atoms with Gasteiger partial charge in [0.05, 0.1) is 5.69 Å². The van der Waals surface area contributed by atoms with E-state index in [-0.39, 0.29) is 0 Å². The van der Waals surface area contributed by atoms with Gasteiger partial charge >= 0.3 is 0 Å². The minimum atomic E-state index is 0.378. The van der Waals surface area contributed by atoms with Crippen LogP contribution in [0, 0.1) is 11.8 Å². The Bertz CT molecular complexity index is 424. The van der Waals surface area contributed by atoms with Crippen molar-refractivity contribution >= 4 is 0 Å². The Morgan fingerprint density at radius 2 is 2.21 bits per heavy atom. The quantitative estimate of drug-likeness (QED) is 0.757. The summed E-state index contributed by atoms with van der Waals surface area (Å²) in [6.45, 7) is 8.05. The predicted molar refractivity (Wildman–Crippen MR) is 80.9 cm³/mol. The molecular formula is C17H26N2. The molecule has 0 N–H and O–H groups in total. The Hall–Kier alpha value is -1.15. The highest BCUT2D eigenvalue weighted by Crippen LogP contribution is 2.32. The minimum absolute atomic E-state index is 0.378. The summed E-state index contributed by atoms with van der Waals surface area (Å²) in [6.07, 6.45) is 6.88. The molecule has 1 aromatic heterocycles. The topological polar surface area (TPSA) is 16.1 Å². The van der Waals surface area contributed by atoms with Gasteiger partial charge in [0.2, 0.25) is 0 Å². The van der Waals surface area contributed by atoms with E-state index < -0.39 is 0 Å². The van der Waals surface area contributed by atoms with Crippen molar-refractivity contribution in [3.8, 4) is 0 Å². The van der Waals surface area contributed by atoms with Crippen LogP contribution < -0.4 is 0 Å². The Balaban J connectivity index is 2.02. The molecule has 0 aromatic carbocycles. The zero-order valence-electron chi connectivity index (χ0n) is 12.6. The van der Waals surface area contributed by atoms with E-state index in [1.807, 2.05) is 12.3 Å². The number of rotatable bonds is 4. The number of pyridine rings is 1. The second-order valence-electron chi connectivity index (χ2n) is 5.98. The maximum Gasteiger partial charge on any atom is 0.0572 e. The van der Waals surface area contributed by atoms with Gasteiger partial charge in [-0.05, 0) is 57.7 Å². The zero-order valence-corrected chi connectivity index (χ0v) is 12.6. The van der Waals surface area contributed by atoms with Gasteiger partial charge in [0.1, 0.15) is 0 Å². The van der Waals surface area contributed by atoms with Crippen LogP contribution in [0.1, 0.15) is 45.3 Å². The first-order valence-corrected chi connectivity index (χ1v) is 7.37. The lowest BCUT2D eigenvalue weighted by molar-refractivity contribution is 0.194. The minimum Gasteiger partial charge on any atom is -0.297 e. The van der Waals surface area contributed by atoms with Gasteiger partial charge in [0, 0.05) is 18.8 Å². The lowest BCUT2D eigenvalue weighted by Gasteiger charge is -2.34. The van der Waals surface area contributed by atoms with Crippen LogP contribution in [0.2, 0.25) is 0 Å². The first-order valence-electron chi connectivity index (χ1n) is 7.37. The largest absolute Gasteiger partial charge is 0.297 e. The molecule has 0 amide bonds. The van der Waals surface area contributed by atoms with Gasteiger partial charge in [-0.25, -0.2) is 0 Å². The normalized spacial score (nSPS) is 25.2. The van der Waals surface area contributed by atoms with E-state index in [2.05, 4.69) is 55.9 Å². The molecule has 2 heteroatoms. The Morgan fingerprint density at radius 1 is 1.42 bits per heavy atom. The first-order chi connectivity index (χ1) is 9.09. The average molecular weight is 258 g/mol. The van der Waals surface area contributed by atoms with Gasteiger partial charge in [0.15, 0.2) is 0 Å². The molecule has 19 heavy (non-hydrogen) atoms. The Morgan fingerprint density at radius 3 is 2.84 bits per heavy atom. The molecule has 3 atom stereocenters. The van der Waals surface area contributed by atoms with Gasteiger partial charge in [-0.3, -0.25) is 9.88 Å². The van der Waals surface area contributed by atoms with Crippen molar-refractivity contribution in [1.29, 1.82) is 0 Å². The molecule has 0 saturated heterocycles. The maximum absolute atomic E-state index is 4.47. The summed E-state index contributed by atoms with van der Waals surface area (Å²) in [5.74, 6) is 1.49. The van der Waals surface area contributed by atoms with Crippen molar-refractivity contribution in [3.05, 3.63) is 41.7 Å². The van der Waals surface area contributed by atoms with Crippen molar-refractivity contribution in [2.24, 2.45) is 11.8 Å². The summed E-state index contributed by atoms with van der Waals surface area (Å²) in [6, 6.07) is 6.55. The average Bonchev–Trinajstić information content (AvgIpc) is 2.43. The molecule has 0 unspecified atom stereocenters. The summed E-state index contributed by atoms with van der Waals surface area (Å²) in [5.41, 5.74) is 2.73. The van der Waals surface area contributed by atoms with Crippen LogP contribution >= 0.6 is 0 Å². The maximum atomic E-state index is 4.47. The van der Waals surface area contributed by atoms with Crippen LogP contribution in [0.4, 0.5) is 0 Å². The number of hydrogen-bond acceptors (Lipinski definition) is 2. The molecule has 1 heterocycles. The molecule has 1 aromatic rings. The van der Waals surface area contributed by atoms with Gasteiger partial charge < -0.3 is 0 Å². The summed E-state index contributed by atoms with van der Waals surface area (Å²) in [4.78, 5) is 6.91. The van der Waals surface area contributed by atoms with E-state index in [0.29, 0.717) is 12.0 Å². The van der Waals surface area contributed by atoms with E-state index in [1.165, 1.54) is 12.8 Å². The Labute approximate surface area is 117 Å². The fourth-order valence-corrected chi connectivity index (χ4v) is 3.02. The van der Waals surface area contributed by atoms with Crippen molar-refractivity contribution in [2.45, 2.75) is 39.7 Å². The number of allylic oxidation sites excluding steroid dienone is 1. The summed E-state index contributed by atoms with van der Waals surface area (Å²) < 4.78 is 0. The zero-order chi connectivity index (χ0) is 13.8. The van der Waals surface area contributed by atoms with Gasteiger partial charge in [0.25, 0.3) is 0 Å². The van der Waals surface area contributed by atoms with Crippen LogP contribution in [0.3, 0.4) is 0 Å². The van der Waals surface area contributed by atoms with Crippen molar-refractivity contribution in [1.82, 2.24) is 9.88 Å². The third kappa shape index (κ3) is 3.44. The fourth-order valence-electron chi connectivity index (χ4n) is 3.02. The molecular weight excluding hydrogens is 232 g/mol. The van der Waals surface area contributed by atoms with Crippen LogP contribution in [-0.4, -0.2) is 23.5 Å². The molecule has 1 aliphatic rings. The standard InChI is InChI=1S/C17H26N2/c1-13-8-7-9-14(2)16(13)12-19(4)15(3)17-10-5-6-11-18-17/h5-6,8,10-11,14-16H,7,9,12H2,1-4H3/t14-,15-,16-/m0/s1. The molecule has 1 aliphatic carbocycles. The van der Waals surface area contributed by atoms with E-state index in [0.717, 1.165) is 18.2 Å². The second kappa shape index (κ2) is 6.33. The van der Waals surface area contributed by atoms with Gasteiger partial charge in [-0.1, -0.05) is 24.6 Å². The molecule has 0 fully saturated rings. The van der Waals surface area contributed by atoms with E-state index in [9.17, 15) is 0 Å². The molecule has 2 rings (SSSR count). The van der Waals surface area contributed by atoms with Crippen LogP contribution in [0.15, 0.2) is 36.0 Å². The Kier molecular flexibility index (Phi) is 4.76. The van der Waals surface area contributed by atoms with Crippen LogP contribution in [0.5, 0.6) is 0 Å². The van der Waals surface area contributed by atoms with Crippen LogP contribution in [0.25, 0.3) is 0 Å². The molecule has 0 bridgehead atoms. The van der Waals surface area contributed by atoms with Crippen molar-refractivity contribution in [2.75, 3.05) is 13.6 Å². The highest BCUT2D eigenvalue weighted by molar-refractivity contribution is 5.11. The smallest absolute Gasteiger partial charge is 0.0572 e. The SMILES string of the molecule is CC1=CCC[C@H](C)[C@H]1CN(C)[C@@H](C)c1ccccn1. The van der Waals surface area contributed by atoms with Crippen molar-refractivity contribution in [3.63, 3.8) is 0 Å². The molecule has 0 aliphatic heterocycles. The second-order valence-corrected chi connectivity index (χ2v) is 5.98. The van der Waals surface area contributed by atoms with E-state index in [1.54, 1.807) is 5.57 Å². The lowest BCUT2D eigenvalue weighted by atomic mass is 9.79. The monoisotopic (exact) mass is 258 g/mol. The molecule has 104 valence electrons. The number of aromatic nitrogens is 1. The predicted octanol–water partition coefficient (Wildman–Crippen LogP) is 4.07. The molecule has 2 nitrogen and oxygen atoms in total. The first kappa shape index (κ1) is 14.3. The number of nitrogens with zero attached hydrogens (tertiary/aromatic N) is 2. The molecule has 0 saturated carbocycles. The molecule has 0 spiro atoms. The third-order valence-electron chi connectivity index (χ3n) is 4.62.